The van der Waals surface area contributed by atoms with Crippen LogP contribution in [0.15, 0.2) is 67.3 Å². The Hall–Kier alpha value is -2.46. The van der Waals surface area contributed by atoms with E-state index in [1.807, 2.05) is 36.4 Å². The molecule has 4 heteroatoms. The Kier molecular flexibility index (Phi) is 4.26. The van der Waals surface area contributed by atoms with E-state index in [1.165, 1.54) is 12.2 Å². The van der Waals surface area contributed by atoms with Gasteiger partial charge in [0.25, 0.3) is 0 Å². The van der Waals surface area contributed by atoms with Crippen molar-refractivity contribution in [1.82, 2.24) is 0 Å². The number of anilines is 1. The second-order valence-corrected chi connectivity index (χ2v) is 5.70. The van der Waals surface area contributed by atoms with E-state index in [0.717, 1.165) is 12.1 Å². The van der Waals surface area contributed by atoms with E-state index in [2.05, 4.69) is 6.58 Å². The molecule has 1 fully saturated rings. The van der Waals surface area contributed by atoms with Crippen molar-refractivity contribution in [3.8, 4) is 0 Å². The van der Waals surface area contributed by atoms with E-state index in [4.69, 9.17) is 4.74 Å². The van der Waals surface area contributed by atoms with Crippen molar-refractivity contribution in [3.63, 3.8) is 0 Å². The molecule has 0 aromatic heterocycles. The van der Waals surface area contributed by atoms with Crippen LogP contribution in [0, 0.1) is 5.92 Å². The third kappa shape index (κ3) is 2.90. The van der Waals surface area contributed by atoms with Gasteiger partial charge < -0.3 is 4.74 Å². The number of benzene rings is 1. The van der Waals surface area contributed by atoms with Crippen molar-refractivity contribution in [2.45, 2.75) is 18.6 Å². The summed E-state index contributed by atoms with van der Waals surface area (Å²) in [5.41, 5.74) is -0.263. The molecule has 1 aliphatic carbocycles. The molecule has 1 atom stereocenters. The van der Waals surface area contributed by atoms with Gasteiger partial charge >= 0.3 is 0 Å². The molecule has 1 heterocycles. The summed E-state index contributed by atoms with van der Waals surface area (Å²) in [7, 11) is 0. The van der Waals surface area contributed by atoms with Crippen LogP contribution in [0.4, 0.5) is 5.69 Å². The highest BCUT2D eigenvalue weighted by Crippen LogP contribution is 2.36. The Labute approximate surface area is 135 Å². The number of ether oxygens (including phenoxy) is 1. The standard InChI is InChI=1S/C19H19NO3/c1-2-3-7-15-14-23-19(12-10-17(21)11-13-19)20(18(15)22)16-8-5-4-6-9-16/h2,4-6,8-13,15H,1,3,7,14H2/t15-/m0/s1. The van der Waals surface area contributed by atoms with Crippen LogP contribution in [-0.2, 0) is 14.3 Å². The highest BCUT2D eigenvalue weighted by molar-refractivity contribution is 6.03. The normalized spacial score (nSPS) is 22.6. The lowest BCUT2D eigenvalue weighted by Gasteiger charge is -2.46. The monoisotopic (exact) mass is 309 g/mol. The van der Waals surface area contributed by atoms with Gasteiger partial charge in [0.05, 0.1) is 12.5 Å². The molecule has 1 spiro atoms. The molecule has 1 aromatic rings. The fourth-order valence-electron chi connectivity index (χ4n) is 2.92. The summed E-state index contributed by atoms with van der Waals surface area (Å²) in [5, 5.41) is 0. The number of carbonyl (C=O) groups is 2. The number of hydrogen-bond acceptors (Lipinski definition) is 3. The van der Waals surface area contributed by atoms with E-state index in [-0.39, 0.29) is 17.6 Å². The molecular weight excluding hydrogens is 290 g/mol. The maximum absolute atomic E-state index is 13.0. The maximum Gasteiger partial charge on any atom is 0.235 e. The molecular formula is C19H19NO3. The molecule has 23 heavy (non-hydrogen) atoms. The number of hydrogen-bond donors (Lipinski definition) is 0. The molecule has 118 valence electrons. The molecule has 1 aliphatic heterocycles. The SMILES string of the molecule is C=CCC[C@H]1COC2(C=CC(=O)C=C2)N(c2ccccc2)C1=O. The predicted octanol–water partition coefficient (Wildman–Crippen LogP) is 3.02. The first-order valence-corrected chi connectivity index (χ1v) is 7.73. The van der Waals surface area contributed by atoms with Crippen molar-refractivity contribution in [1.29, 1.82) is 0 Å². The summed E-state index contributed by atoms with van der Waals surface area (Å²) in [5.74, 6) is -0.306. The second kappa shape index (κ2) is 6.34. The van der Waals surface area contributed by atoms with Gasteiger partial charge in [0.15, 0.2) is 11.5 Å². The fourth-order valence-corrected chi connectivity index (χ4v) is 2.92. The molecule has 0 N–H and O–H groups in total. The van der Waals surface area contributed by atoms with Crippen LogP contribution in [0.2, 0.25) is 0 Å². The highest BCUT2D eigenvalue weighted by atomic mass is 16.5. The first-order chi connectivity index (χ1) is 11.2. The molecule has 1 saturated heterocycles. The summed E-state index contributed by atoms with van der Waals surface area (Å²) in [4.78, 5) is 26.2. The van der Waals surface area contributed by atoms with Gasteiger partial charge in [-0.05, 0) is 49.3 Å². The minimum atomic E-state index is -1.02. The van der Waals surface area contributed by atoms with Crippen LogP contribution < -0.4 is 4.90 Å². The molecule has 0 unspecified atom stereocenters. The first-order valence-electron chi connectivity index (χ1n) is 7.73. The lowest BCUT2D eigenvalue weighted by Crippen LogP contribution is -2.59. The second-order valence-electron chi connectivity index (χ2n) is 5.70. The Balaban J connectivity index is 1.99. The molecule has 0 radical (unpaired) electrons. The van der Waals surface area contributed by atoms with Gasteiger partial charge in [0.1, 0.15) is 0 Å². The molecule has 3 rings (SSSR count). The smallest absolute Gasteiger partial charge is 0.235 e. The van der Waals surface area contributed by atoms with Crippen LogP contribution in [0.3, 0.4) is 0 Å². The van der Waals surface area contributed by atoms with Crippen molar-refractivity contribution < 1.29 is 14.3 Å². The topological polar surface area (TPSA) is 46.6 Å². The van der Waals surface area contributed by atoms with Crippen LogP contribution in [0.5, 0.6) is 0 Å². The van der Waals surface area contributed by atoms with Gasteiger partial charge in [-0.25, -0.2) is 0 Å². The zero-order valence-electron chi connectivity index (χ0n) is 12.9. The molecule has 1 amide bonds. The van der Waals surface area contributed by atoms with Crippen LogP contribution in [0.25, 0.3) is 0 Å². The third-order valence-electron chi connectivity index (χ3n) is 4.14. The Morgan fingerprint density at radius 2 is 1.91 bits per heavy atom. The predicted molar refractivity (Wildman–Crippen MR) is 88.8 cm³/mol. The van der Waals surface area contributed by atoms with Gasteiger partial charge in [-0.1, -0.05) is 24.3 Å². The lowest BCUT2D eigenvalue weighted by molar-refractivity contribution is -0.138. The van der Waals surface area contributed by atoms with Crippen LogP contribution in [-0.4, -0.2) is 24.0 Å². The van der Waals surface area contributed by atoms with Crippen molar-refractivity contribution in [3.05, 3.63) is 67.3 Å². The minimum Gasteiger partial charge on any atom is -0.347 e. The van der Waals surface area contributed by atoms with Crippen LogP contribution in [0.1, 0.15) is 12.8 Å². The molecule has 0 bridgehead atoms. The van der Waals surface area contributed by atoms with E-state index >= 15 is 0 Å². The summed E-state index contributed by atoms with van der Waals surface area (Å²) in [6, 6.07) is 9.40. The number of nitrogens with zero attached hydrogens (tertiary/aromatic N) is 1. The zero-order valence-corrected chi connectivity index (χ0v) is 12.9. The number of ketones is 1. The highest BCUT2D eigenvalue weighted by Gasteiger charge is 2.46. The Morgan fingerprint density at radius 3 is 2.57 bits per heavy atom. The number of carbonyl (C=O) groups excluding carboxylic acids is 2. The maximum atomic E-state index is 13.0. The average molecular weight is 309 g/mol. The molecule has 2 aliphatic rings. The van der Waals surface area contributed by atoms with Crippen molar-refractivity contribution in [2.24, 2.45) is 5.92 Å². The third-order valence-corrected chi connectivity index (χ3v) is 4.14. The quantitative estimate of drug-likeness (QED) is 0.803. The average Bonchev–Trinajstić information content (AvgIpc) is 2.58. The van der Waals surface area contributed by atoms with Gasteiger partial charge in [0.2, 0.25) is 5.91 Å². The van der Waals surface area contributed by atoms with Crippen molar-refractivity contribution >= 4 is 17.4 Å². The Bertz CT molecular complexity index is 659. The van der Waals surface area contributed by atoms with Crippen molar-refractivity contribution in [2.75, 3.05) is 11.5 Å². The summed E-state index contributed by atoms with van der Waals surface area (Å²) in [6.45, 7) is 4.05. The first kappa shape index (κ1) is 15.4. The fraction of sp³-hybridized carbons (Fsp3) is 0.263. The van der Waals surface area contributed by atoms with E-state index in [1.54, 1.807) is 17.1 Å². The number of para-hydroxylation sites is 1. The number of allylic oxidation sites excluding steroid dienone is 3. The van der Waals surface area contributed by atoms with Gasteiger partial charge in [0, 0.05) is 5.69 Å². The van der Waals surface area contributed by atoms with E-state index < -0.39 is 5.72 Å². The molecule has 1 aromatic carbocycles. The lowest BCUT2D eigenvalue weighted by atomic mass is 9.94. The summed E-state index contributed by atoms with van der Waals surface area (Å²) in [6.07, 6.45) is 9.49. The van der Waals surface area contributed by atoms with Gasteiger partial charge in [-0.3, -0.25) is 14.5 Å². The number of amides is 1. The summed E-state index contributed by atoms with van der Waals surface area (Å²) >= 11 is 0. The van der Waals surface area contributed by atoms with Gasteiger partial charge in [-0.15, -0.1) is 6.58 Å². The van der Waals surface area contributed by atoms with E-state index in [9.17, 15) is 9.59 Å². The number of rotatable bonds is 4. The molecule has 4 nitrogen and oxygen atoms in total. The minimum absolute atomic E-state index is 0.00736. The molecule has 0 saturated carbocycles. The Morgan fingerprint density at radius 1 is 1.22 bits per heavy atom. The van der Waals surface area contributed by atoms with Gasteiger partial charge in [-0.2, -0.15) is 0 Å². The summed E-state index contributed by atoms with van der Waals surface area (Å²) < 4.78 is 6.05. The van der Waals surface area contributed by atoms with Crippen LogP contribution >= 0.6 is 0 Å². The van der Waals surface area contributed by atoms with E-state index in [0.29, 0.717) is 13.0 Å². The zero-order chi connectivity index (χ0) is 16.3. The largest absolute Gasteiger partial charge is 0.347 e.